The van der Waals surface area contributed by atoms with Crippen molar-refractivity contribution in [2.24, 2.45) is 0 Å². The number of ether oxygens (including phenoxy) is 5. The zero-order valence-corrected chi connectivity index (χ0v) is 18.3. The average Bonchev–Trinajstić information content (AvgIpc) is 3.27. The summed E-state index contributed by atoms with van der Waals surface area (Å²) in [5.41, 5.74) is 1.10. The average molecular weight is 459 g/mol. The molecule has 0 fully saturated rings. The van der Waals surface area contributed by atoms with E-state index in [0.717, 1.165) is 5.56 Å². The van der Waals surface area contributed by atoms with E-state index < -0.39 is 18.3 Å². The summed E-state index contributed by atoms with van der Waals surface area (Å²) >= 11 is 1.54. The predicted octanol–water partition coefficient (Wildman–Crippen LogP) is 4.51. The van der Waals surface area contributed by atoms with Crippen molar-refractivity contribution >= 4 is 35.7 Å². The van der Waals surface area contributed by atoms with Crippen LogP contribution < -0.4 is 9.47 Å². The van der Waals surface area contributed by atoms with Crippen LogP contribution in [0.15, 0.2) is 40.6 Å². The van der Waals surface area contributed by atoms with Crippen LogP contribution >= 0.6 is 11.3 Å². The maximum Gasteiger partial charge on any atom is 0.513 e. The summed E-state index contributed by atoms with van der Waals surface area (Å²) in [6.07, 6.45) is -0.211. The van der Waals surface area contributed by atoms with Crippen LogP contribution in [0.25, 0.3) is 6.08 Å². The molecule has 0 saturated heterocycles. The molecule has 0 radical (unpaired) electrons. The second-order valence-corrected chi connectivity index (χ2v) is 6.74. The van der Waals surface area contributed by atoms with Crippen LogP contribution in [-0.4, -0.2) is 38.1 Å². The zero-order chi connectivity index (χ0) is 23.3. The van der Waals surface area contributed by atoms with Gasteiger partial charge in [-0.05, 0) is 60.0 Å². The monoisotopic (exact) mass is 459 g/mol. The number of nitriles is 1. The molecule has 2 aromatic rings. The second kappa shape index (κ2) is 12.8. The van der Waals surface area contributed by atoms with Crippen LogP contribution in [0.3, 0.4) is 0 Å². The largest absolute Gasteiger partial charge is 0.513 e. The van der Waals surface area contributed by atoms with Crippen molar-refractivity contribution in [1.29, 1.82) is 5.26 Å². The molecule has 9 nitrogen and oxygen atoms in total. The Morgan fingerprint density at radius 1 is 1.00 bits per heavy atom. The number of esters is 1. The summed E-state index contributed by atoms with van der Waals surface area (Å²) in [5, 5.41) is 13.2. The van der Waals surface area contributed by atoms with Crippen LogP contribution in [0.4, 0.5) is 9.59 Å². The van der Waals surface area contributed by atoms with E-state index in [1.165, 1.54) is 35.6 Å². The van der Waals surface area contributed by atoms with Crippen LogP contribution in [0.5, 0.6) is 11.5 Å². The summed E-state index contributed by atoms with van der Waals surface area (Å²) in [6.45, 7) is 3.49. The Morgan fingerprint density at radius 2 is 1.69 bits per heavy atom. The van der Waals surface area contributed by atoms with Gasteiger partial charge in [0.2, 0.25) is 0 Å². The third-order valence-electron chi connectivity index (χ3n) is 3.73. The van der Waals surface area contributed by atoms with Crippen molar-refractivity contribution in [1.82, 2.24) is 0 Å². The molecule has 0 N–H and O–H groups in total. The molecule has 0 aliphatic heterocycles. The quantitative estimate of drug-likeness (QED) is 0.175. The third kappa shape index (κ3) is 7.77. The number of carbonyl (C=O) groups is 3. The highest BCUT2D eigenvalue weighted by atomic mass is 32.1. The van der Waals surface area contributed by atoms with Gasteiger partial charge in [0.15, 0.2) is 11.5 Å². The second-order valence-electron chi connectivity index (χ2n) is 5.96. The Morgan fingerprint density at radius 3 is 2.28 bits per heavy atom. The van der Waals surface area contributed by atoms with Gasteiger partial charge in [0.25, 0.3) is 0 Å². The van der Waals surface area contributed by atoms with Gasteiger partial charge < -0.3 is 23.7 Å². The van der Waals surface area contributed by atoms with E-state index in [-0.39, 0.29) is 36.9 Å². The first-order valence-corrected chi connectivity index (χ1v) is 10.5. The Balaban J connectivity index is 2.18. The van der Waals surface area contributed by atoms with Crippen molar-refractivity contribution < 1.29 is 38.1 Å². The van der Waals surface area contributed by atoms with Crippen molar-refractivity contribution in [3.8, 4) is 17.6 Å². The lowest BCUT2D eigenvalue weighted by Crippen LogP contribution is -2.14. The highest BCUT2D eigenvalue weighted by molar-refractivity contribution is 7.07. The molecule has 0 spiro atoms. The Bertz CT molecular complexity index is 1010. The summed E-state index contributed by atoms with van der Waals surface area (Å²) in [6, 6.07) is 7.81. The molecule has 0 aliphatic carbocycles. The molecule has 1 heterocycles. The molecule has 10 heteroatoms. The topological polar surface area (TPSA) is 121 Å². The molecular weight excluding hydrogens is 438 g/mol. The minimum atomic E-state index is -1.02. The van der Waals surface area contributed by atoms with Crippen molar-refractivity contribution in [2.75, 3.05) is 19.8 Å². The number of carbonyl (C=O) groups excluding carboxylic acids is 3. The van der Waals surface area contributed by atoms with Gasteiger partial charge in [0.05, 0.1) is 19.8 Å². The molecule has 0 saturated carbocycles. The van der Waals surface area contributed by atoms with Gasteiger partial charge in [0.1, 0.15) is 11.6 Å². The smallest absolute Gasteiger partial charge is 0.461 e. The molecule has 0 aliphatic rings. The standard InChI is InChI=1S/C22H21NO8S/c1-3-27-21(25)30-18-6-5-16(12-19(18)31-22(26)28-4-2)11-17(13-23)20(24)29-9-7-15-8-10-32-14-15/h5-6,8,10-12,14H,3-4,7,9H2,1-2H3. The molecule has 32 heavy (non-hydrogen) atoms. The van der Waals surface area contributed by atoms with E-state index in [9.17, 15) is 19.6 Å². The highest BCUT2D eigenvalue weighted by Gasteiger charge is 2.17. The Hall–Kier alpha value is -3.84. The van der Waals surface area contributed by atoms with Crippen LogP contribution in [-0.2, 0) is 25.4 Å². The summed E-state index contributed by atoms with van der Waals surface area (Å²) in [4.78, 5) is 35.6. The normalized spacial score (nSPS) is 10.6. The molecule has 168 valence electrons. The van der Waals surface area contributed by atoms with Gasteiger partial charge in [-0.3, -0.25) is 0 Å². The van der Waals surface area contributed by atoms with Crippen molar-refractivity contribution in [3.05, 3.63) is 51.7 Å². The van der Waals surface area contributed by atoms with E-state index in [1.807, 2.05) is 16.8 Å². The van der Waals surface area contributed by atoms with Crippen molar-refractivity contribution in [3.63, 3.8) is 0 Å². The number of hydrogen-bond donors (Lipinski definition) is 0. The van der Waals surface area contributed by atoms with E-state index >= 15 is 0 Å². The van der Waals surface area contributed by atoms with E-state index in [2.05, 4.69) is 0 Å². The van der Waals surface area contributed by atoms with Crippen molar-refractivity contribution in [2.45, 2.75) is 20.3 Å². The van der Waals surface area contributed by atoms with Crippen LogP contribution in [0, 0.1) is 11.3 Å². The highest BCUT2D eigenvalue weighted by Crippen LogP contribution is 2.30. The lowest BCUT2D eigenvalue weighted by Gasteiger charge is -2.11. The van der Waals surface area contributed by atoms with Gasteiger partial charge in [0, 0.05) is 6.42 Å². The fourth-order valence-electron chi connectivity index (χ4n) is 2.33. The summed E-state index contributed by atoms with van der Waals surface area (Å²) < 4.78 is 24.7. The predicted molar refractivity (Wildman–Crippen MR) is 114 cm³/mol. The zero-order valence-electron chi connectivity index (χ0n) is 17.5. The number of benzene rings is 1. The molecule has 0 amide bonds. The number of hydrogen-bond acceptors (Lipinski definition) is 10. The third-order valence-corrected chi connectivity index (χ3v) is 4.47. The number of thiophene rings is 1. The van der Waals surface area contributed by atoms with Crippen LogP contribution in [0.2, 0.25) is 0 Å². The van der Waals surface area contributed by atoms with Crippen LogP contribution in [0.1, 0.15) is 25.0 Å². The maximum absolute atomic E-state index is 12.2. The van der Waals surface area contributed by atoms with E-state index in [0.29, 0.717) is 12.0 Å². The van der Waals surface area contributed by atoms with Gasteiger partial charge >= 0.3 is 18.3 Å². The lowest BCUT2D eigenvalue weighted by molar-refractivity contribution is -0.138. The first kappa shape index (κ1) is 24.4. The SMILES string of the molecule is CCOC(=O)Oc1ccc(C=C(C#N)C(=O)OCCc2ccsc2)cc1OC(=O)OCC. The summed E-state index contributed by atoms with van der Waals surface area (Å²) in [5.74, 6) is -1.05. The minimum Gasteiger partial charge on any atom is -0.461 e. The molecule has 0 unspecified atom stereocenters. The molecular formula is C22H21NO8S. The molecule has 2 rings (SSSR count). The molecule has 0 atom stereocenters. The fourth-order valence-corrected chi connectivity index (χ4v) is 3.03. The minimum absolute atomic E-state index is 0.0717. The Kier molecular flexibility index (Phi) is 9.74. The molecule has 0 bridgehead atoms. The first-order chi connectivity index (χ1) is 15.5. The van der Waals surface area contributed by atoms with Gasteiger partial charge in [-0.25, -0.2) is 14.4 Å². The fraction of sp³-hybridized carbons (Fsp3) is 0.273. The van der Waals surface area contributed by atoms with E-state index in [1.54, 1.807) is 19.9 Å². The molecule has 1 aromatic heterocycles. The maximum atomic E-state index is 12.2. The molecule has 1 aromatic carbocycles. The van der Waals surface area contributed by atoms with Gasteiger partial charge in [-0.2, -0.15) is 16.6 Å². The Labute approximate surface area is 188 Å². The van der Waals surface area contributed by atoms with E-state index in [4.69, 9.17) is 23.7 Å². The van der Waals surface area contributed by atoms with Gasteiger partial charge in [-0.15, -0.1) is 0 Å². The van der Waals surface area contributed by atoms with Gasteiger partial charge in [-0.1, -0.05) is 6.07 Å². The summed E-state index contributed by atoms with van der Waals surface area (Å²) in [7, 11) is 0. The lowest BCUT2D eigenvalue weighted by atomic mass is 10.1. The number of nitrogens with zero attached hydrogens (tertiary/aromatic N) is 1. The number of rotatable bonds is 9. The first-order valence-electron chi connectivity index (χ1n) is 9.60.